The Morgan fingerprint density at radius 1 is 0.289 bits per heavy atom. The third kappa shape index (κ3) is 33.8. The molecule has 0 radical (unpaired) electrons. The van der Waals surface area contributed by atoms with Crippen molar-refractivity contribution in [2.24, 2.45) is 47.3 Å². The van der Waals surface area contributed by atoms with Gasteiger partial charge in [0.15, 0.2) is 0 Å². The second kappa shape index (κ2) is 54.6. The van der Waals surface area contributed by atoms with E-state index >= 15 is 28.8 Å². The Bertz CT molecular complexity index is 5670. The van der Waals surface area contributed by atoms with E-state index in [0.29, 0.717) is 63.4 Å². The van der Waals surface area contributed by atoms with Gasteiger partial charge in [-0.1, -0.05) is 190 Å². The van der Waals surface area contributed by atoms with Crippen molar-refractivity contribution in [3.8, 4) is 0 Å². The lowest BCUT2D eigenvalue weighted by molar-refractivity contribution is -0.137. The molecule has 0 saturated heterocycles. The summed E-state index contributed by atoms with van der Waals surface area (Å²) in [7, 11) is 0. The van der Waals surface area contributed by atoms with Crippen LogP contribution in [0.4, 0.5) is 4.79 Å². The summed E-state index contributed by atoms with van der Waals surface area (Å²) in [5.41, 5.74) is 5.42. The number of amides is 17. The van der Waals surface area contributed by atoms with Gasteiger partial charge in [0.1, 0.15) is 91.2 Å². The lowest BCUT2D eigenvalue weighted by Crippen LogP contribution is -2.62. The number of fused-ring (bicyclic) bond motifs is 4. The molecule has 39 heteroatoms. The molecule has 4 aromatic carbocycles. The summed E-state index contributed by atoms with van der Waals surface area (Å²) in [6.07, 6.45) is 6.91. The van der Waals surface area contributed by atoms with E-state index in [4.69, 9.17) is 4.74 Å². The number of H-pyrrole nitrogens is 4. The van der Waals surface area contributed by atoms with E-state index in [2.05, 4.69) is 110 Å². The molecule has 0 fully saturated rings. The number of carbonyl (C=O) groups excluding carboxylic acids is 17. The van der Waals surface area contributed by atoms with Crippen molar-refractivity contribution in [1.29, 1.82) is 0 Å². The summed E-state index contributed by atoms with van der Waals surface area (Å²) in [5.74, 6) is -14.8. The number of hydrogen-bond acceptors (Lipinski definition) is 18. The Morgan fingerprint density at radius 2 is 0.563 bits per heavy atom. The third-order valence-corrected chi connectivity index (χ3v) is 24.3. The largest absolute Gasteiger partial charge is 0.448 e. The smallest absolute Gasteiger partial charge is 0.407 e. The van der Waals surface area contributed by atoms with E-state index in [0.717, 1.165) is 21.8 Å². The van der Waals surface area contributed by atoms with Gasteiger partial charge in [-0.3, -0.25) is 76.7 Å². The number of aromatic nitrogens is 4. The molecule has 4 heterocycles. The van der Waals surface area contributed by atoms with Crippen molar-refractivity contribution >= 4 is 145 Å². The van der Waals surface area contributed by atoms with Gasteiger partial charge < -0.3 is 115 Å². The van der Waals surface area contributed by atoms with Crippen molar-refractivity contribution in [3.63, 3.8) is 0 Å². The minimum Gasteiger partial charge on any atom is -0.448 e. The number of carbonyl (C=O) groups is 17. The van der Waals surface area contributed by atoms with Crippen molar-refractivity contribution < 1.29 is 86.2 Å². The van der Waals surface area contributed by atoms with Crippen LogP contribution in [0, 0.1) is 47.3 Å². The summed E-state index contributed by atoms with van der Waals surface area (Å²) < 4.78 is 5.26. The fourth-order valence-corrected chi connectivity index (χ4v) is 16.7. The van der Waals surface area contributed by atoms with Gasteiger partial charge in [-0.25, -0.2) is 4.79 Å². The van der Waals surface area contributed by atoms with E-state index in [-0.39, 0.29) is 94.1 Å². The normalized spacial score (nSPS) is 14.6. The van der Waals surface area contributed by atoms with E-state index in [1.807, 2.05) is 139 Å². The van der Waals surface area contributed by atoms with Gasteiger partial charge in [0.2, 0.25) is 95.0 Å². The Hall–Kier alpha value is -14.2. The van der Waals surface area contributed by atoms with Crippen molar-refractivity contribution in [2.45, 2.75) is 274 Å². The third-order valence-electron chi connectivity index (χ3n) is 24.3. The molecule has 0 saturated carbocycles. The van der Waals surface area contributed by atoms with Gasteiger partial charge >= 0.3 is 6.09 Å². The predicted molar refractivity (Wildman–Crippen MR) is 540 cm³/mol. The van der Waals surface area contributed by atoms with Gasteiger partial charge in [0, 0.05) is 101 Å². The molecule has 4 aromatic heterocycles. The highest BCUT2D eigenvalue weighted by Gasteiger charge is 2.41. The number of aromatic amines is 4. The molecule has 0 aliphatic heterocycles. The lowest BCUT2D eigenvalue weighted by Gasteiger charge is -2.31. The second-order valence-electron chi connectivity index (χ2n) is 39.6. The van der Waals surface area contributed by atoms with Crippen LogP contribution in [-0.2, 0) is 107 Å². The van der Waals surface area contributed by atoms with Crippen molar-refractivity contribution in [1.82, 2.24) is 110 Å². The monoisotopic (exact) mass is 1970 g/mol. The Morgan fingerprint density at radius 3 is 0.887 bits per heavy atom. The summed E-state index contributed by atoms with van der Waals surface area (Å²) in [5, 5.41) is 49.6. The summed E-state index contributed by atoms with van der Waals surface area (Å²) >= 11 is 0. The van der Waals surface area contributed by atoms with Crippen LogP contribution in [0.3, 0.4) is 0 Å². The first-order valence-electron chi connectivity index (χ1n) is 49.1. The number of alkyl carbamates (subject to hydrolysis) is 1. The molecule has 14 atom stereocenters. The minimum absolute atomic E-state index is 0.00123. The maximum absolute atomic E-state index is 15.7. The lowest BCUT2D eigenvalue weighted by atomic mass is 9.97. The quantitative estimate of drug-likeness (QED) is 0.0165. The van der Waals surface area contributed by atoms with Crippen LogP contribution in [0.15, 0.2) is 122 Å². The Kier molecular flexibility index (Phi) is 43.5. The zero-order chi connectivity index (χ0) is 104. The molecule has 0 aliphatic rings. The van der Waals surface area contributed by atoms with Crippen LogP contribution in [0.1, 0.15) is 186 Å². The van der Waals surface area contributed by atoms with Gasteiger partial charge in [-0.2, -0.15) is 0 Å². The molecule has 8 aromatic rings. The summed E-state index contributed by atoms with van der Waals surface area (Å²) in [6, 6.07) is 11.0. The average Bonchev–Trinajstić information content (AvgIpc) is 1.58. The van der Waals surface area contributed by atoms with E-state index < -0.39 is 204 Å². The van der Waals surface area contributed by atoms with E-state index in [9.17, 15) is 52.7 Å². The molecular formula is C103H147N21O18. The van der Waals surface area contributed by atoms with Crippen molar-refractivity contribution in [2.75, 3.05) is 26.2 Å². The Labute approximate surface area is 828 Å². The summed E-state index contributed by atoms with van der Waals surface area (Å²) in [6.45, 7) is 32.2. The SMILES string of the molecule is CCCNC(=O)OCCNC(=O)[C@H](Cc1c[nH]c2ccccc12)NC(=O)[C@@H](CC(C)C)NC(=O)[C@H](Cc1c[nH]c2ccccc12)NC(=O)[C@@H](CC(C)C)NC(=O)[C@H](Cc1c[nH]c2ccccc12)NC(=O)[C@@H](CC(C)C)NC(=O)[C@H](Cc1c[nH]c2ccccc12)NC(=O)[C@H](NC(=O)[C@@H](NC(=O)[C@H](NC(=O)[C@H](C)NC(=O)[C@@H](CC(C)C)NC(=O)[C@H](C)NC(=O)CNC(=O)[C@@H](NC=O)C(C)C)C(C)C)C(C)C)C(C)C. The molecule has 21 N–H and O–H groups in total. The zero-order valence-corrected chi connectivity index (χ0v) is 84.9. The van der Waals surface area contributed by atoms with Crippen LogP contribution in [0.5, 0.6) is 0 Å². The van der Waals surface area contributed by atoms with E-state index in [1.54, 1.807) is 100 Å². The highest BCUT2D eigenvalue weighted by atomic mass is 16.5. The molecule has 772 valence electrons. The topological polar surface area (TPSA) is 567 Å². The molecule has 0 aliphatic carbocycles. The number of benzene rings is 4. The first-order chi connectivity index (χ1) is 67.3. The summed E-state index contributed by atoms with van der Waals surface area (Å²) in [4.78, 5) is 255. The molecule has 0 unspecified atom stereocenters. The van der Waals surface area contributed by atoms with Crippen LogP contribution in [0.2, 0.25) is 0 Å². The van der Waals surface area contributed by atoms with Gasteiger partial charge in [-0.15, -0.1) is 0 Å². The number of hydrogen-bond donors (Lipinski definition) is 21. The average molecular weight is 1970 g/mol. The number of rotatable bonds is 56. The molecule has 142 heavy (non-hydrogen) atoms. The van der Waals surface area contributed by atoms with Gasteiger partial charge in [-0.05, 0) is 140 Å². The van der Waals surface area contributed by atoms with Crippen LogP contribution in [0.25, 0.3) is 43.6 Å². The molecule has 17 amide bonds. The van der Waals surface area contributed by atoms with Crippen molar-refractivity contribution in [3.05, 3.63) is 144 Å². The van der Waals surface area contributed by atoms with Gasteiger partial charge in [0.25, 0.3) is 0 Å². The highest BCUT2D eigenvalue weighted by molar-refractivity contribution is 6.02. The van der Waals surface area contributed by atoms with Crippen LogP contribution >= 0.6 is 0 Å². The number of ether oxygens (including phenoxy) is 1. The second-order valence-corrected chi connectivity index (χ2v) is 39.6. The maximum Gasteiger partial charge on any atom is 0.407 e. The number of nitrogens with one attached hydrogen (secondary N) is 21. The first kappa shape index (κ1) is 113. The molecule has 8 rings (SSSR count). The fourth-order valence-electron chi connectivity index (χ4n) is 16.7. The van der Waals surface area contributed by atoms with Crippen LogP contribution in [-0.4, -0.2) is 232 Å². The van der Waals surface area contributed by atoms with Crippen LogP contribution < -0.4 is 90.4 Å². The minimum atomic E-state index is -1.49. The molecule has 39 nitrogen and oxygen atoms in total. The highest BCUT2D eigenvalue weighted by Crippen LogP contribution is 2.26. The predicted octanol–water partition coefficient (Wildman–Crippen LogP) is 5.52. The Balaban J connectivity index is 1.01. The maximum atomic E-state index is 15.7. The fraction of sp³-hybridized carbons (Fsp3) is 0.524. The molecular weight excluding hydrogens is 1820 g/mol. The number of para-hydroxylation sites is 4. The first-order valence-corrected chi connectivity index (χ1v) is 49.1. The standard InChI is InChI=1S/C103H147N21O18/c1-20-37-105-103(141)142-39-38-104-91(129)80(44-64-48-106-72-33-25-21-29-68(64)72)118-93(131)77(41-55(4)5)115-96(134)81(45-65-49-107-73-34-26-22-30-69(65)73)119-94(132)78(42-56(6)7)116-97(135)82(46-66-50-108-74-35-27-23-31-70(66)74)120-95(133)79(43-57(8)9)117-98(136)83(47-67-51-109-75-36-28-24-32-71(67)75)121-100(138)86(59(12)13)123-102(140)88(61(16)17)124-101(139)87(60(14)15)122-90(128)63(19)113-92(130)76(40-54(2)3)114-89(127)62(18)112-84(126)52-110-99(137)85(58(10)11)111-53-125/h21-36,48-51,53-63,76-83,85-88,106-109H,20,37-47,52H2,1-19H3,(H,104,129)(H,105,141)(H,110,137)(H,111,125)(H,112,126)(H,113,130)(H,114,127)(H,115,134)(H,116,135)(H,117,136)(H,118,131)(H,119,132)(H,120,133)(H,121,138)(H,122,128)(H,123,140)(H,124,139)/t62-,63-,76+,77+,78+,79+,80-,81-,82-,83-,85-,86+,87+,88-/m0/s1. The van der Waals surface area contributed by atoms with Gasteiger partial charge in [0.05, 0.1) is 13.1 Å². The zero-order valence-electron chi connectivity index (χ0n) is 84.9. The molecule has 0 spiro atoms. The molecule has 0 bridgehead atoms. The van der Waals surface area contributed by atoms with E-state index in [1.165, 1.54) is 13.8 Å².